The van der Waals surface area contributed by atoms with E-state index in [0.29, 0.717) is 6.42 Å². The third-order valence-corrected chi connectivity index (χ3v) is 3.79. The van der Waals surface area contributed by atoms with Crippen molar-refractivity contribution in [2.75, 3.05) is 13.1 Å². The van der Waals surface area contributed by atoms with Gasteiger partial charge in [0.15, 0.2) is 0 Å². The Bertz CT molecular complexity index is 207. The molecule has 1 aliphatic carbocycles. The molecule has 4 atom stereocenters. The first-order chi connectivity index (χ1) is 7.20. The van der Waals surface area contributed by atoms with Gasteiger partial charge in [-0.1, -0.05) is 6.42 Å². The first kappa shape index (κ1) is 11.3. The zero-order valence-electron chi connectivity index (χ0n) is 9.18. The highest BCUT2D eigenvalue weighted by atomic mass is 16.3. The lowest BCUT2D eigenvalue weighted by molar-refractivity contribution is -0.0752. The van der Waals surface area contributed by atoms with Gasteiger partial charge >= 0.3 is 0 Å². The molecule has 1 heterocycles. The molecule has 2 fully saturated rings. The van der Waals surface area contributed by atoms with Gasteiger partial charge in [0.1, 0.15) is 0 Å². The number of nitrogens with two attached hydrogens (primary N) is 1. The second kappa shape index (κ2) is 4.78. The predicted octanol–water partition coefficient (Wildman–Crippen LogP) is -0.316. The molecule has 0 aromatic heterocycles. The average Bonchev–Trinajstić information content (AvgIpc) is 2.26. The smallest absolute Gasteiger partial charge is 0.0968 e. The number of likely N-dealkylation sites (tertiary alicyclic amines) is 1. The van der Waals surface area contributed by atoms with Crippen LogP contribution in [0.15, 0.2) is 0 Å². The Hall–Kier alpha value is -0.160. The second-order valence-corrected chi connectivity index (χ2v) is 4.89. The van der Waals surface area contributed by atoms with Crippen molar-refractivity contribution < 1.29 is 10.2 Å². The Kier molecular flexibility index (Phi) is 3.61. The number of rotatable bonds is 1. The lowest BCUT2D eigenvalue weighted by Gasteiger charge is -2.44. The summed E-state index contributed by atoms with van der Waals surface area (Å²) in [5, 5.41) is 19.7. The fourth-order valence-electron chi connectivity index (χ4n) is 2.89. The lowest BCUT2D eigenvalue weighted by atomic mass is 9.84. The normalized spacial score (nSPS) is 44.2. The van der Waals surface area contributed by atoms with Gasteiger partial charge in [0, 0.05) is 6.04 Å². The summed E-state index contributed by atoms with van der Waals surface area (Å²) in [6.45, 7) is 2.03. The van der Waals surface area contributed by atoms with Crippen molar-refractivity contribution in [3.8, 4) is 0 Å². The van der Waals surface area contributed by atoms with Crippen molar-refractivity contribution in [3.05, 3.63) is 0 Å². The summed E-state index contributed by atoms with van der Waals surface area (Å²) in [5.74, 6) is 0. The molecule has 0 unspecified atom stereocenters. The van der Waals surface area contributed by atoms with Crippen molar-refractivity contribution in [2.45, 2.75) is 56.4 Å². The summed E-state index contributed by atoms with van der Waals surface area (Å²) in [6.07, 6.45) is 3.85. The molecular weight excluding hydrogens is 192 g/mol. The summed E-state index contributed by atoms with van der Waals surface area (Å²) in [7, 11) is 0. The first-order valence-electron chi connectivity index (χ1n) is 6.06. The van der Waals surface area contributed by atoms with Gasteiger partial charge in [-0.05, 0) is 38.8 Å². The molecule has 2 aliphatic rings. The topological polar surface area (TPSA) is 69.7 Å². The van der Waals surface area contributed by atoms with Crippen LogP contribution in [0.25, 0.3) is 0 Å². The fourth-order valence-corrected chi connectivity index (χ4v) is 2.89. The molecule has 4 heteroatoms. The van der Waals surface area contributed by atoms with Crippen LogP contribution in [-0.2, 0) is 0 Å². The molecule has 1 saturated heterocycles. The van der Waals surface area contributed by atoms with Crippen LogP contribution in [0, 0.1) is 0 Å². The Morgan fingerprint density at radius 3 is 2.33 bits per heavy atom. The molecule has 1 aliphatic heterocycles. The maximum absolute atomic E-state index is 9.99. The fraction of sp³-hybridized carbons (Fsp3) is 1.00. The van der Waals surface area contributed by atoms with Gasteiger partial charge < -0.3 is 15.9 Å². The highest BCUT2D eigenvalue weighted by Gasteiger charge is 2.39. The Morgan fingerprint density at radius 1 is 1.00 bits per heavy atom. The third kappa shape index (κ3) is 2.33. The van der Waals surface area contributed by atoms with E-state index < -0.39 is 12.2 Å². The Labute approximate surface area is 91.1 Å². The number of hydrogen-bond acceptors (Lipinski definition) is 4. The summed E-state index contributed by atoms with van der Waals surface area (Å²) < 4.78 is 0. The van der Waals surface area contributed by atoms with Crippen molar-refractivity contribution >= 4 is 0 Å². The zero-order valence-corrected chi connectivity index (χ0v) is 9.18. The molecule has 0 aromatic carbocycles. The molecule has 88 valence electrons. The molecule has 0 aromatic rings. The Balaban J connectivity index is 2.02. The maximum Gasteiger partial charge on any atom is 0.0968 e. The van der Waals surface area contributed by atoms with E-state index in [1.807, 2.05) is 0 Å². The lowest BCUT2D eigenvalue weighted by Crippen LogP contribution is -2.61. The number of hydrogen-bond donors (Lipinski definition) is 3. The number of aliphatic hydroxyl groups excluding tert-OH is 2. The van der Waals surface area contributed by atoms with Crippen molar-refractivity contribution in [3.63, 3.8) is 0 Å². The van der Waals surface area contributed by atoms with Gasteiger partial charge in [-0.25, -0.2) is 0 Å². The number of aliphatic hydroxyl groups is 2. The van der Waals surface area contributed by atoms with Crippen LogP contribution >= 0.6 is 0 Å². The molecule has 0 bridgehead atoms. The molecule has 1 saturated carbocycles. The van der Waals surface area contributed by atoms with Crippen LogP contribution in [0.3, 0.4) is 0 Å². The molecule has 0 amide bonds. The van der Waals surface area contributed by atoms with Crippen LogP contribution in [-0.4, -0.2) is 52.5 Å². The zero-order chi connectivity index (χ0) is 10.8. The van der Waals surface area contributed by atoms with E-state index in [4.69, 9.17) is 5.73 Å². The predicted molar refractivity (Wildman–Crippen MR) is 58.4 cm³/mol. The number of piperidine rings is 1. The summed E-state index contributed by atoms with van der Waals surface area (Å²) in [4.78, 5) is 2.27. The third-order valence-electron chi connectivity index (χ3n) is 3.79. The molecule has 0 spiro atoms. The van der Waals surface area contributed by atoms with Gasteiger partial charge in [-0.2, -0.15) is 0 Å². The van der Waals surface area contributed by atoms with Crippen LogP contribution in [0.2, 0.25) is 0 Å². The molecule has 4 nitrogen and oxygen atoms in total. The summed E-state index contributed by atoms with van der Waals surface area (Å²) in [6, 6.07) is -0.0180. The maximum atomic E-state index is 9.99. The van der Waals surface area contributed by atoms with E-state index in [1.165, 1.54) is 19.3 Å². The van der Waals surface area contributed by atoms with Gasteiger partial charge in [0.05, 0.1) is 18.2 Å². The second-order valence-electron chi connectivity index (χ2n) is 4.89. The minimum absolute atomic E-state index is 0.0153. The monoisotopic (exact) mass is 214 g/mol. The minimum atomic E-state index is -0.660. The molecule has 2 rings (SSSR count). The minimum Gasteiger partial charge on any atom is -0.390 e. The van der Waals surface area contributed by atoms with Crippen molar-refractivity contribution in [1.82, 2.24) is 4.90 Å². The van der Waals surface area contributed by atoms with Gasteiger partial charge in [-0.3, -0.25) is 4.90 Å². The van der Waals surface area contributed by atoms with Gasteiger partial charge in [0.2, 0.25) is 0 Å². The van der Waals surface area contributed by atoms with E-state index in [9.17, 15) is 10.2 Å². The van der Waals surface area contributed by atoms with Crippen LogP contribution in [0.5, 0.6) is 0 Å². The quantitative estimate of drug-likeness (QED) is 0.560. The van der Waals surface area contributed by atoms with E-state index in [1.54, 1.807) is 0 Å². The average molecular weight is 214 g/mol. The van der Waals surface area contributed by atoms with Gasteiger partial charge in [-0.15, -0.1) is 0 Å². The van der Waals surface area contributed by atoms with Crippen molar-refractivity contribution in [2.24, 2.45) is 5.73 Å². The Morgan fingerprint density at radius 2 is 1.67 bits per heavy atom. The summed E-state index contributed by atoms with van der Waals surface area (Å²) >= 11 is 0. The van der Waals surface area contributed by atoms with E-state index in [0.717, 1.165) is 19.5 Å². The van der Waals surface area contributed by atoms with E-state index in [2.05, 4.69) is 4.90 Å². The van der Waals surface area contributed by atoms with Crippen LogP contribution in [0.1, 0.15) is 32.1 Å². The van der Waals surface area contributed by atoms with Crippen LogP contribution in [0.4, 0.5) is 0 Å². The first-order valence-corrected chi connectivity index (χ1v) is 6.06. The highest BCUT2D eigenvalue weighted by molar-refractivity contribution is 4.96. The SMILES string of the molecule is N[C@@H]1CC[C@H](O)[C@H](O)[C@H]1N1CCCCC1. The van der Waals surface area contributed by atoms with Crippen molar-refractivity contribution in [1.29, 1.82) is 0 Å². The van der Waals surface area contributed by atoms with E-state index in [-0.39, 0.29) is 12.1 Å². The number of nitrogens with zero attached hydrogens (tertiary/aromatic N) is 1. The molecule has 15 heavy (non-hydrogen) atoms. The molecule has 0 radical (unpaired) electrons. The largest absolute Gasteiger partial charge is 0.390 e. The van der Waals surface area contributed by atoms with E-state index >= 15 is 0 Å². The summed E-state index contributed by atoms with van der Waals surface area (Å²) in [5.41, 5.74) is 6.05. The molecule has 4 N–H and O–H groups in total. The standard InChI is InChI=1S/C11H22N2O2/c12-8-4-5-9(14)11(15)10(8)13-6-2-1-3-7-13/h8-11,14-15H,1-7,12H2/t8-,9+,10+,11+/m1/s1. The van der Waals surface area contributed by atoms with Crippen LogP contribution < -0.4 is 5.73 Å². The van der Waals surface area contributed by atoms with Gasteiger partial charge in [0.25, 0.3) is 0 Å². The molecular formula is C11H22N2O2. The highest BCUT2D eigenvalue weighted by Crippen LogP contribution is 2.25.